The summed E-state index contributed by atoms with van der Waals surface area (Å²) in [5, 5.41) is 0.438. The zero-order valence-electron chi connectivity index (χ0n) is 18.5. The lowest BCUT2D eigenvalue weighted by atomic mass is 10.1. The van der Waals surface area contributed by atoms with E-state index in [0.717, 1.165) is 6.42 Å². The molecule has 3 aromatic rings. The zero-order valence-corrected chi connectivity index (χ0v) is 20.9. The van der Waals surface area contributed by atoms with Gasteiger partial charge in [0.1, 0.15) is 11.5 Å². The molecule has 0 aliphatic heterocycles. The standard InChI is InChI=1S/C23H26ClN3O5S2/c1-2-4-19(14-16-26-33(28,29)22-10-6-18(24)7-11-22)27-34(30,31)23-12-8-20(9-13-23)32-21-5-3-15-25-17-21/h3,5-13,15,17,19,26-27H,2,4,14,16H2,1H3. The fourth-order valence-electron chi connectivity index (χ4n) is 3.19. The Hall–Kier alpha value is -2.50. The van der Waals surface area contributed by atoms with E-state index in [1.54, 1.807) is 36.7 Å². The molecule has 0 saturated heterocycles. The second kappa shape index (κ2) is 11.8. The van der Waals surface area contributed by atoms with Crippen molar-refractivity contribution in [3.8, 4) is 11.5 Å². The van der Waals surface area contributed by atoms with Crippen molar-refractivity contribution in [3.05, 3.63) is 78.1 Å². The minimum Gasteiger partial charge on any atom is -0.456 e. The molecule has 182 valence electrons. The Balaban J connectivity index is 1.60. The molecule has 11 heteroatoms. The fourth-order valence-corrected chi connectivity index (χ4v) is 5.67. The summed E-state index contributed by atoms with van der Waals surface area (Å²) in [5.74, 6) is 1.02. The Morgan fingerprint density at radius 3 is 2.15 bits per heavy atom. The normalized spacial score (nSPS) is 12.9. The third-order valence-electron chi connectivity index (χ3n) is 4.87. The van der Waals surface area contributed by atoms with Gasteiger partial charge in [-0.1, -0.05) is 24.9 Å². The van der Waals surface area contributed by atoms with E-state index in [9.17, 15) is 16.8 Å². The fraction of sp³-hybridized carbons (Fsp3) is 0.261. The first-order chi connectivity index (χ1) is 16.2. The van der Waals surface area contributed by atoms with Crippen molar-refractivity contribution in [2.24, 2.45) is 0 Å². The van der Waals surface area contributed by atoms with Crippen LogP contribution in [0.5, 0.6) is 11.5 Å². The molecule has 8 nitrogen and oxygen atoms in total. The van der Waals surface area contributed by atoms with Gasteiger partial charge in [-0.2, -0.15) is 0 Å². The smallest absolute Gasteiger partial charge is 0.240 e. The topological polar surface area (TPSA) is 114 Å². The van der Waals surface area contributed by atoms with Crippen molar-refractivity contribution in [2.75, 3.05) is 6.54 Å². The van der Waals surface area contributed by atoms with Gasteiger partial charge in [-0.05, 0) is 73.5 Å². The average Bonchev–Trinajstić information content (AvgIpc) is 2.80. The van der Waals surface area contributed by atoms with Gasteiger partial charge in [0.25, 0.3) is 0 Å². The number of ether oxygens (including phenoxy) is 1. The Labute approximate surface area is 205 Å². The van der Waals surface area contributed by atoms with Crippen LogP contribution in [-0.4, -0.2) is 34.4 Å². The van der Waals surface area contributed by atoms with E-state index in [0.29, 0.717) is 29.4 Å². The third-order valence-corrected chi connectivity index (χ3v) is 8.14. The largest absolute Gasteiger partial charge is 0.456 e. The highest BCUT2D eigenvalue weighted by Crippen LogP contribution is 2.22. The van der Waals surface area contributed by atoms with Crippen molar-refractivity contribution >= 4 is 31.6 Å². The summed E-state index contributed by atoms with van der Waals surface area (Å²) in [5.41, 5.74) is 0. The molecule has 3 rings (SSSR count). The molecule has 0 amide bonds. The van der Waals surface area contributed by atoms with Gasteiger partial charge in [-0.15, -0.1) is 0 Å². The van der Waals surface area contributed by atoms with E-state index >= 15 is 0 Å². The van der Waals surface area contributed by atoms with E-state index in [4.69, 9.17) is 16.3 Å². The van der Waals surface area contributed by atoms with Crippen LogP contribution in [-0.2, 0) is 20.0 Å². The van der Waals surface area contributed by atoms with Crippen LogP contribution in [0.25, 0.3) is 0 Å². The number of rotatable bonds is 12. The Morgan fingerprint density at radius 2 is 1.53 bits per heavy atom. The molecular formula is C23H26ClN3O5S2. The van der Waals surface area contributed by atoms with E-state index in [-0.39, 0.29) is 16.3 Å². The molecule has 0 spiro atoms. The van der Waals surface area contributed by atoms with Gasteiger partial charge < -0.3 is 4.74 Å². The first-order valence-electron chi connectivity index (χ1n) is 10.6. The quantitative estimate of drug-likeness (QED) is 0.365. The van der Waals surface area contributed by atoms with Crippen LogP contribution in [0.15, 0.2) is 82.8 Å². The Morgan fingerprint density at radius 1 is 0.882 bits per heavy atom. The summed E-state index contributed by atoms with van der Waals surface area (Å²) in [4.78, 5) is 4.16. The number of benzene rings is 2. The first kappa shape index (κ1) is 26.1. The van der Waals surface area contributed by atoms with Crippen LogP contribution < -0.4 is 14.2 Å². The predicted molar refractivity (Wildman–Crippen MR) is 131 cm³/mol. The number of nitrogens with zero attached hydrogens (tertiary/aromatic N) is 1. The predicted octanol–water partition coefficient (Wildman–Crippen LogP) is 4.34. The highest BCUT2D eigenvalue weighted by Gasteiger charge is 2.21. The number of hydrogen-bond donors (Lipinski definition) is 2. The van der Waals surface area contributed by atoms with Crippen molar-refractivity contribution in [2.45, 2.75) is 42.0 Å². The summed E-state index contributed by atoms with van der Waals surface area (Å²) in [7, 11) is -7.52. The number of halogens is 1. The molecule has 0 aliphatic carbocycles. The monoisotopic (exact) mass is 523 g/mol. The van der Waals surface area contributed by atoms with Gasteiger partial charge in [-0.25, -0.2) is 26.3 Å². The van der Waals surface area contributed by atoms with Crippen molar-refractivity contribution in [1.29, 1.82) is 0 Å². The minimum absolute atomic E-state index is 0.0794. The molecule has 0 saturated carbocycles. The molecule has 1 aromatic heterocycles. The molecule has 2 aromatic carbocycles. The van der Waals surface area contributed by atoms with Gasteiger partial charge in [0.15, 0.2) is 0 Å². The Kier molecular flexibility index (Phi) is 9.03. The first-order valence-corrected chi connectivity index (χ1v) is 14.0. The number of hydrogen-bond acceptors (Lipinski definition) is 6. The minimum atomic E-state index is -3.80. The highest BCUT2D eigenvalue weighted by molar-refractivity contribution is 7.89. The summed E-state index contributed by atoms with van der Waals surface area (Å²) in [6, 6.07) is 14.9. The number of aromatic nitrogens is 1. The van der Waals surface area contributed by atoms with E-state index < -0.39 is 26.1 Å². The molecule has 0 fully saturated rings. The highest BCUT2D eigenvalue weighted by atomic mass is 35.5. The number of sulfonamides is 2. The van der Waals surface area contributed by atoms with Gasteiger partial charge in [0, 0.05) is 23.8 Å². The number of pyridine rings is 1. The lowest BCUT2D eigenvalue weighted by Gasteiger charge is -2.19. The van der Waals surface area contributed by atoms with Gasteiger partial charge in [0.05, 0.1) is 16.0 Å². The summed E-state index contributed by atoms with van der Waals surface area (Å²) >= 11 is 5.81. The molecule has 0 bridgehead atoms. The molecule has 0 radical (unpaired) electrons. The maximum atomic E-state index is 12.9. The second-order valence-electron chi connectivity index (χ2n) is 7.51. The zero-order chi connectivity index (χ0) is 24.6. The van der Waals surface area contributed by atoms with Crippen LogP contribution in [0.4, 0.5) is 0 Å². The Bertz CT molecular complexity index is 1270. The number of nitrogens with one attached hydrogen (secondary N) is 2. The van der Waals surface area contributed by atoms with E-state index in [1.807, 2.05) is 6.92 Å². The van der Waals surface area contributed by atoms with Crippen LogP contribution in [0, 0.1) is 0 Å². The maximum absolute atomic E-state index is 12.9. The molecule has 1 atom stereocenters. The summed E-state index contributed by atoms with van der Waals surface area (Å²) in [6.07, 6.45) is 4.77. The molecule has 0 aliphatic rings. The van der Waals surface area contributed by atoms with Crippen molar-refractivity contribution in [1.82, 2.24) is 14.4 Å². The summed E-state index contributed by atoms with van der Waals surface area (Å²) in [6.45, 7) is 2.01. The average molecular weight is 524 g/mol. The molecule has 1 unspecified atom stereocenters. The van der Waals surface area contributed by atoms with E-state index in [2.05, 4.69) is 14.4 Å². The van der Waals surface area contributed by atoms with Crippen LogP contribution in [0.2, 0.25) is 5.02 Å². The third kappa shape index (κ3) is 7.51. The van der Waals surface area contributed by atoms with Gasteiger partial charge in [-0.3, -0.25) is 4.98 Å². The maximum Gasteiger partial charge on any atom is 0.240 e. The lowest BCUT2D eigenvalue weighted by Crippen LogP contribution is -2.37. The lowest BCUT2D eigenvalue weighted by molar-refractivity contribution is 0.479. The second-order valence-corrected chi connectivity index (χ2v) is 11.4. The van der Waals surface area contributed by atoms with E-state index in [1.165, 1.54) is 36.4 Å². The molecule has 1 heterocycles. The van der Waals surface area contributed by atoms with Crippen LogP contribution in [0.3, 0.4) is 0 Å². The van der Waals surface area contributed by atoms with Crippen LogP contribution in [0.1, 0.15) is 26.2 Å². The van der Waals surface area contributed by atoms with Crippen molar-refractivity contribution < 1.29 is 21.6 Å². The molecule has 2 N–H and O–H groups in total. The SMILES string of the molecule is CCCC(CCNS(=O)(=O)c1ccc(Cl)cc1)NS(=O)(=O)c1ccc(Oc2cccnc2)cc1. The molecule has 34 heavy (non-hydrogen) atoms. The van der Waals surface area contributed by atoms with Gasteiger partial charge in [0.2, 0.25) is 20.0 Å². The van der Waals surface area contributed by atoms with Gasteiger partial charge >= 0.3 is 0 Å². The summed E-state index contributed by atoms with van der Waals surface area (Å²) < 4.78 is 61.5. The van der Waals surface area contributed by atoms with Crippen molar-refractivity contribution in [3.63, 3.8) is 0 Å². The molecular weight excluding hydrogens is 498 g/mol. The van der Waals surface area contributed by atoms with Crippen LogP contribution >= 0.6 is 11.6 Å².